The number of benzene rings is 2. The second-order valence-electron chi connectivity index (χ2n) is 7.71. The van der Waals surface area contributed by atoms with Gasteiger partial charge in [-0.05, 0) is 30.5 Å². The molecule has 0 spiro atoms. The number of para-hydroxylation sites is 2. The first-order valence-corrected chi connectivity index (χ1v) is 9.88. The number of halogens is 3. The Morgan fingerprint density at radius 2 is 1.73 bits per heavy atom. The highest BCUT2D eigenvalue weighted by Gasteiger charge is 2.49. The number of hydrogen-bond donors (Lipinski definition) is 1. The minimum Gasteiger partial charge on any atom is -0.324 e. The van der Waals surface area contributed by atoms with E-state index in [-0.39, 0.29) is 24.0 Å². The molecule has 1 N–H and O–H groups in total. The van der Waals surface area contributed by atoms with Gasteiger partial charge in [-0.25, -0.2) is 0 Å². The molecule has 1 aliphatic heterocycles. The lowest BCUT2D eigenvalue weighted by molar-refractivity contribution is -0.158. The molecule has 0 unspecified atom stereocenters. The van der Waals surface area contributed by atoms with Crippen molar-refractivity contribution in [2.24, 2.45) is 0 Å². The molecule has 1 heterocycles. The van der Waals surface area contributed by atoms with E-state index < -0.39 is 30.5 Å². The maximum Gasteiger partial charge on any atom is 0.409 e. The number of hydrogen-bond acceptors (Lipinski definition) is 3. The van der Waals surface area contributed by atoms with Crippen LogP contribution >= 0.6 is 0 Å². The minimum atomic E-state index is -4.73. The van der Waals surface area contributed by atoms with Crippen LogP contribution in [0.3, 0.4) is 0 Å². The summed E-state index contributed by atoms with van der Waals surface area (Å²) in [5.74, 6) is -1.42. The van der Waals surface area contributed by atoms with Gasteiger partial charge in [-0.15, -0.1) is 0 Å². The van der Waals surface area contributed by atoms with Gasteiger partial charge in [0, 0.05) is 12.6 Å². The number of alkyl halides is 3. The first-order chi connectivity index (χ1) is 14.3. The van der Waals surface area contributed by atoms with Crippen LogP contribution in [0.25, 0.3) is 0 Å². The predicted octanol–water partition coefficient (Wildman–Crippen LogP) is 3.96. The van der Waals surface area contributed by atoms with Crippen molar-refractivity contribution in [3.05, 3.63) is 60.2 Å². The summed E-state index contributed by atoms with van der Waals surface area (Å²) in [6.45, 7) is 0.343. The van der Waals surface area contributed by atoms with Gasteiger partial charge < -0.3 is 5.32 Å². The average molecular weight is 417 g/mol. The molecule has 2 aromatic rings. The first-order valence-electron chi connectivity index (χ1n) is 9.88. The van der Waals surface area contributed by atoms with Gasteiger partial charge in [-0.3, -0.25) is 19.4 Å². The number of amides is 2. The molecule has 8 heteroatoms. The van der Waals surface area contributed by atoms with E-state index in [1.54, 1.807) is 12.1 Å². The third-order valence-electron chi connectivity index (χ3n) is 5.40. The summed E-state index contributed by atoms with van der Waals surface area (Å²) >= 11 is 0. The molecule has 1 aliphatic carbocycles. The fraction of sp³-hybridized carbons (Fsp3) is 0.364. The normalized spacial score (nSPS) is 19.3. The number of carbonyl (C=O) groups is 2. The summed E-state index contributed by atoms with van der Waals surface area (Å²) in [6, 6.07) is 13.6. The van der Waals surface area contributed by atoms with Gasteiger partial charge in [0.2, 0.25) is 11.8 Å². The van der Waals surface area contributed by atoms with Crippen molar-refractivity contribution in [2.45, 2.75) is 44.1 Å². The Hall–Kier alpha value is -2.87. The lowest BCUT2D eigenvalue weighted by atomic mass is 10.1. The Balaban J connectivity index is 1.64. The molecule has 1 atom stereocenters. The molecule has 1 saturated carbocycles. The number of rotatable bonds is 5. The number of nitrogens with one attached hydrogen (secondary N) is 1. The van der Waals surface area contributed by atoms with Crippen LogP contribution in [0, 0.1) is 0 Å². The van der Waals surface area contributed by atoms with E-state index in [1.807, 2.05) is 35.2 Å². The van der Waals surface area contributed by atoms with Crippen LogP contribution in [0.5, 0.6) is 0 Å². The van der Waals surface area contributed by atoms with Crippen molar-refractivity contribution < 1.29 is 22.8 Å². The van der Waals surface area contributed by atoms with E-state index in [0.29, 0.717) is 6.54 Å². The largest absolute Gasteiger partial charge is 0.409 e. The zero-order chi connectivity index (χ0) is 21.3. The maximum absolute atomic E-state index is 13.9. The van der Waals surface area contributed by atoms with Crippen molar-refractivity contribution in [1.82, 2.24) is 4.90 Å². The van der Waals surface area contributed by atoms with Crippen molar-refractivity contribution in [1.29, 1.82) is 0 Å². The van der Waals surface area contributed by atoms with Gasteiger partial charge in [-0.1, -0.05) is 42.5 Å². The zero-order valence-electron chi connectivity index (χ0n) is 16.2. The van der Waals surface area contributed by atoms with Gasteiger partial charge in [0.25, 0.3) is 0 Å². The average Bonchev–Trinajstić information content (AvgIpc) is 3.54. The molecular formula is C22H22F3N3O2. The van der Waals surface area contributed by atoms with Crippen LogP contribution < -0.4 is 10.2 Å². The van der Waals surface area contributed by atoms with Crippen LogP contribution in [0.15, 0.2) is 54.6 Å². The van der Waals surface area contributed by atoms with Crippen molar-refractivity contribution in [3.8, 4) is 0 Å². The van der Waals surface area contributed by atoms with Gasteiger partial charge in [0.1, 0.15) is 6.04 Å². The summed E-state index contributed by atoms with van der Waals surface area (Å²) < 4.78 is 41.6. The molecule has 30 heavy (non-hydrogen) atoms. The Morgan fingerprint density at radius 1 is 1.07 bits per heavy atom. The monoisotopic (exact) mass is 417 g/mol. The van der Waals surface area contributed by atoms with E-state index in [0.717, 1.165) is 23.3 Å². The zero-order valence-corrected chi connectivity index (χ0v) is 16.2. The summed E-state index contributed by atoms with van der Waals surface area (Å²) in [5, 5.41) is 2.49. The van der Waals surface area contributed by atoms with Gasteiger partial charge >= 0.3 is 6.18 Å². The van der Waals surface area contributed by atoms with Gasteiger partial charge in [-0.2, -0.15) is 13.2 Å². The lowest BCUT2D eigenvalue weighted by Crippen LogP contribution is -2.52. The van der Waals surface area contributed by atoms with E-state index in [1.165, 1.54) is 12.1 Å². The highest BCUT2D eigenvalue weighted by molar-refractivity contribution is 6.05. The molecule has 0 aromatic heterocycles. The maximum atomic E-state index is 13.9. The Labute approximate surface area is 172 Å². The highest BCUT2D eigenvalue weighted by Crippen LogP contribution is 2.38. The Morgan fingerprint density at radius 3 is 2.40 bits per heavy atom. The molecule has 158 valence electrons. The number of fused-ring (bicyclic) bond motifs is 1. The topological polar surface area (TPSA) is 52.7 Å². The summed E-state index contributed by atoms with van der Waals surface area (Å²) in [5.41, 5.74) is 1.28. The quantitative estimate of drug-likeness (QED) is 0.801. The molecule has 1 fully saturated rings. The molecule has 2 aliphatic rings. The standard InChI is InChI=1S/C22H22F3N3O2/c23-22(24,25)19-12-20(29)26-17-8-4-5-9-18(17)28(19)21(30)14-27(16-10-11-16)13-15-6-2-1-3-7-15/h1-9,16,19H,10-14H2,(H,26,29)/t19-/m0/s1. The van der Waals surface area contributed by atoms with E-state index in [9.17, 15) is 22.8 Å². The van der Waals surface area contributed by atoms with E-state index in [2.05, 4.69) is 5.32 Å². The van der Waals surface area contributed by atoms with Crippen molar-refractivity contribution >= 4 is 23.2 Å². The Kier molecular flexibility index (Phi) is 5.51. The highest BCUT2D eigenvalue weighted by atomic mass is 19.4. The van der Waals surface area contributed by atoms with Gasteiger partial charge in [0.05, 0.1) is 24.3 Å². The molecular weight excluding hydrogens is 395 g/mol. The third kappa shape index (κ3) is 4.48. The fourth-order valence-electron chi connectivity index (χ4n) is 3.82. The predicted molar refractivity (Wildman–Crippen MR) is 107 cm³/mol. The number of anilines is 2. The molecule has 0 saturated heterocycles. The van der Waals surface area contributed by atoms with Crippen molar-refractivity contribution in [3.63, 3.8) is 0 Å². The SMILES string of the molecule is O=C1C[C@@H](C(F)(F)F)N(C(=O)CN(Cc2ccccc2)C2CC2)c2ccccc2N1. The van der Waals surface area contributed by atoms with Crippen LogP contribution in [-0.4, -0.2) is 41.5 Å². The first kappa shape index (κ1) is 20.4. The van der Waals surface area contributed by atoms with Crippen LogP contribution in [0.2, 0.25) is 0 Å². The van der Waals surface area contributed by atoms with Gasteiger partial charge in [0.15, 0.2) is 0 Å². The fourth-order valence-corrected chi connectivity index (χ4v) is 3.82. The summed E-state index contributed by atoms with van der Waals surface area (Å²) in [7, 11) is 0. The second kappa shape index (κ2) is 8.10. The third-order valence-corrected chi connectivity index (χ3v) is 5.40. The number of nitrogens with zero attached hydrogens (tertiary/aromatic N) is 2. The summed E-state index contributed by atoms with van der Waals surface area (Å²) in [4.78, 5) is 28.0. The number of carbonyl (C=O) groups excluding carboxylic acids is 2. The second-order valence-corrected chi connectivity index (χ2v) is 7.71. The van der Waals surface area contributed by atoms with E-state index in [4.69, 9.17) is 0 Å². The lowest BCUT2D eigenvalue weighted by Gasteiger charge is -2.33. The summed E-state index contributed by atoms with van der Waals surface area (Å²) in [6.07, 6.45) is -3.72. The smallest absolute Gasteiger partial charge is 0.324 e. The molecule has 2 amide bonds. The molecule has 0 radical (unpaired) electrons. The molecule has 4 rings (SSSR count). The molecule has 5 nitrogen and oxygen atoms in total. The van der Waals surface area contributed by atoms with Crippen LogP contribution in [0.4, 0.5) is 24.5 Å². The van der Waals surface area contributed by atoms with Crippen molar-refractivity contribution in [2.75, 3.05) is 16.8 Å². The molecule has 0 bridgehead atoms. The Bertz CT molecular complexity index is 929. The van der Waals surface area contributed by atoms with Crippen LogP contribution in [-0.2, 0) is 16.1 Å². The van der Waals surface area contributed by atoms with Crippen LogP contribution in [0.1, 0.15) is 24.8 Å². The minimum absolute atomic E-state index is 0.0751. The van der Waals surface area contributed by atoms with E-state index >= 15 is 0 Å². The molecule has 2 aromatic carbocycles.